The summed E-state index contributed by atoms with van der Waals surface area (Å²) < 4.78 is 5.58. The largest absolute Gasteiger partial charge is 0.444 e. The molecule has 1 fully saturated rings. The summed E-state index contributed by atoms with van der Waals surface area (Å²) in [4.78, 5) is 23.0. The zero-order valence-electron chi connectivity index (χ0n) is 14.9. The van der Waals surface area contributed by atoms with Crippen molar-refractivity contribution in [1.82, 2.24) is 25.1 Å². The van der Waals surface area contributed by atoms with Crippen LogP contribution in [0.4, 0.5) is 10.5 Å². The molecule has 138 valence electrons. The van der Waals surface area contributed by atoms with Crippen LogP contribution in [-0.2, 0) is 4.74 Å². The number of amides is 1. The molecule has 0 aromatic carbocycles. The Balaban J connectivity index is 1.61. The molecule has 4 heterocycles. The minimum absolute atomic E-state index is 0.00660. The smallest absolute Gasteiger partial charge is 0.410 e. The zero-order valence-corrected chi connectivity index (χ0v) is 14.9. The lowest BCUT2D eigenvalue weighted by molar-refractivity contribution is 0.0647. The molecule has 0 spiro atoms. The van der Waals surface area contributed by atoms with Crippen LogP contribution in [0, 0.1) is 11.3 Å². The number of pyridine rings is 1. The number of rotatable bonds is 3. The molecule has 1 unspecified atom stereocenters. The monoisotopic (exact) mass is 365 g/mol. The first kappa shape index (κ1) is 17.0. The Morgan fingerprint density at radius 2 is 2.41 bits per heavy atom. The van der Waals surface area contributed by atoms with Gasteiger partial charge in [-0.25, -0.2) is 9.78 Å². The number of hydrogen-bond donors (Lipinski definition) is 1. The van der Waals surface area contributed by atoms with Crippen LogP contribution in [0.3, 0.4) is 0 Å². The van der Waals surface area contributed by atoms with E-state index in [1.54, 1.807) is 19.4 Å². The molecule has 3 aromatic rings. The minimum atomic E-state index is -0.474. The molecule has 3 aromatic heterocycles. The summed E-state index contributed by atoms with van der Waals surface area (Å²) in [6.45, 7) is 1.42. The van der Waals surface area contributed by atoms with E-state index >= 15 is 0 Å². The van der Waals surface area contributed by atoms with E-state index in [4.69, 9.17) is 10.00 Å². The zero-order chi connectivity index (χ0) is 18.8. The van der Waals surface area contributed by atoms with Crippen LogP contribution < -0.4 is 4.90 Å². The van der Waals surface area contributed by atoms with Gasteiger partial charge in [0, 0.05) is 30.6 Å². The molecule has 0 bridgehead atoms. The van der Waals surface area contributed by atoms with E-state index in [-0.39, 0.29) is 12.6 Å². The molecule has 1 N–H and O–H groups in total. The molecule has 1 amide bonds. The van der Waals surface area contributed by atoms with E-state index in [0.29, 0.717) is 6.54 Å². The first-order valence-corrected chi connectivity index (χ1v) is 8.78. The quantitative estimate of drug-likeness (QED) is 0.707. The Morgan fingerprint density at radius 3 is 3.26 bits per heavy atom. The van der Waals surface area contributed by atoms with Gasteiger partial charge in [0.1, 0.15) is 23.8 Å². The molecule has 0 saturated carbocycles. The van der Waals surface area contributed by atoms with Crippen molar-refractivity contribution in [3.05, 3.63) is 24.7 Å². The van der Waals surface area contributed by atoms with E-state index in [2.05, 4.69) is 25.1 Å². The van der Waals surface area contributed by atoms with E-state index < -0.39 is 6.09 Å². The van der Waals surface area contributed by atoms with Crippen molar-refractivity contribution in [2.75, 3.05) is 31.6 Å². The Bertz CT molecular complexity index is 1030. The average molecular weight is 365 g/mol. The number of carbonyl (C=O) groups excluding carboxylic acids is 1. The Morgan fingerprint density at radius 1 is 1.52 bits per heavy atom. The normalized spacial score (nSPS) is 17.0. The van der Waals surface area contributed by atoms with Crippen LogP contribution in [0.1, 0.15) is 12.8 Å². The summed E-state index contributed by atoms with van der Waals surface area (Å²) >= 11 is 0. The average Bonchev–Trinajstić information content (AvgIpc) is 3.17. The minimum Gasteiger partial charge on any atom is -0.444 e. The van der Waals surface area contributed by atoms with Crippen LogP contribution in [0.25, 0.3) is 21.9 Å². The number of ether oxygens (including phenoxy) is 1. The SMILES string of the molecule is CN(CC#N)C(=O)OC1CCCN(c2cnnc3cnc4[nH]ccc4c23)C1. The number of aromatic nitrogens is 4. The maximum atomic E-state index is 12.1. The van der Waals surface area contributed by atoms with Gasteiger partial charge in [-0.05, 0) is 18.9 Å². The van der Waals surface area contributed by atoms with Gasteiger partial charge in [0.05, 0.1) is 30.7 Å². The number of fused-ring (bicyclic) bond motifs is 3. The Kier molecular flexibility index (Phi) is 4.46. The molecular formula is C18H19N7O2. The van der Waals surface area contributed by atoms with E-state index in [0.717, 1.165) is 47.0 Å². The van der Waals surface area contributed by atoms with Crippen molar-refractivity contribution in [3.63, 3.8) is 0 Å². The van der Waals surface area contributed by atoms with Crippen LogP contribution in [0.5, 0.6) is 0 Å². The summed E-state index contributed by atoms with van der Waals surface area (Å²) in [7, 11) is 1.56. The number of anilines is 1. The third kappa shape index (κ3) is 3.21. The highest BCUT2D eigenvalue weighted by Gasteiger charge is 2.26. The molecule has 1 aliphatic heterocycles. The molecule has 9 nitrogen and oxygen atoms in total. The topological polar surface area (TPSA) is 111 Å². The van der Waals surface area contributed by atoms with E-state index in [9.17, 15) is 4.79 Å². The fraction of sp³-hybridized carbons (Fsp3) is 0.389. The molecule has 27 heavy (non-hydrogen) atoms. The van der Waals surface area contributed by atoms with Gasteiger partial charge in [-0.1, -0.05) is 0 Å². The lowest BCUT2D eigenvalue weighted by Crippen LogP contribution is -2.42. The van der Waals surface area contributed by atoms with E-state index in [1.165, 1.54) is 4.90 Å². The van der Waals surface area contributed by atoms with Crippen molar-refractivity contribution in [1.29, 1.82) is 5.26 Å². The second kappa shape index (κ2) is 7.07. The predicted octanol–water partition coefficient (Wildman–Crippen LogP) is 2.07. The van der Waals surface area contributed by atoms with Crippen molar-refractivity contribution < 1.29 is 9.53 Å². The maximum absolute atomic E-state index is 12.1. The first-order chi connectivity index (χ1) is 13.2. The van der Waals surface area contributed by atoms with E-state index in [1.807, 2.05) is 18.3 Å². The predicted molar refractivity (Wildman–Crippen MR) is 99.1 cm³/mol. The highest BCUT2D eigenvalue weighted by molar-refractivity contribution is 6.09. The van der Waals surface area contributed by atoms with Gasteiger partial charge < -0.3 is 14.6 Å². The molecular weight excluding hydrogens is 346 g/mol. The van der Waals surface area contributed by atoms with Crippen LogP contribution >= 0.6 is 0 Å². The summed E-state index contributed by atoms with van der Waals surface area (Å²) in [6, 6.07) is 3.93. The number of nitrogens with zero attached hydrogens (tertiary/aromatic N) is 6. The lowest BCUT2D eigenvalue weighted by Gasteiger charge is -2.34. The van der Waals surface area contributed by atoms with Crippen LogP contribution in [0.2, 0.25) is 0 Å². The van der Waals surface area contributed by atoms with Crippen LogP contribution in [0.15, 0.2) is 24.7 Å². The highest BCUT2D eigenvalue weighted by atomic mass is 16.6. The molecule has 0 aliphatic carbocycles. The number of hydrogen-bond acceptors (Lipinski definition) is 7. The molecule has 9 heteroatoms. The summed E-state index contributed by atoms with van der Waals surface area (Å²) in [5.41, 5.74) is 2.49. The summed E-state index contributed by atoms with van der Waals surface area (Å²) in [5.74, 6) is 0. The third-order valence-electron chi connectivity index (χ3n) is 4.77. The third-order valence-corrected chi connectivity index (χ3v) is 4.77. The number of carbonyl (C=O) groups is 1. The van der Waals surface area contributed by atoms with Gasteiger partial charge in [0.2, 0.25) is 0 Å². The van der Waals surface area contributed by atoms with Crippen LogP contribution in [-0.4, -0.2) is 63.9 Å². The molecule has 1 atom stereocenters. The Hall–Kier alpha value is -3.41. The van der Waals surface area contributed by atoms with Gasteiger partial charge in [-0.3, -0.25) is 4.90 Å². The van der Waals surface area contributed by atoms with Gasteiger partial charge in [-0.15, -0.1) is 5.10 Å². The number of H-pyrrole nitrogens is 1. The lowest BCUT2D eigenvalue weighted by atomic mass is 10.1. The van der Waals surface area contributed by atoms with Gasteiger partial charge in [-0.2, -0.15) is 10.4 Å². The van der Waals surface area contributed by atoms with Gasteiger partial charge >= 0.3 is 6.09 Å². The Labute approximate surface area is 155 Å². The van der Waals surface area contributed by atoms with Crippen molar-refractivity contribution in [3.8, 4) is 6.07 Å². The van der Waals surface area contributed by atoms with Gasteiger partial charge in [0.25, 0.3) is 0 Å². The van der Waals surface area contributed by atoms with Crippen molar-refractivity contribution >= 4 is 33.7 Å². The molecule has 0 radical (unpaired) electrons. The molecule has 4 rings (SSSR count). The van der Waals surface area contributed by atoms with Crippen molar-refractivity contribution in [2.24, 2.45) is 0 Å². The number of piperidine rings is 1. The second-order valence-corrected chi connectivity index (χ2v) is 6.60. The molecule has 1 saturated heterocycles. The number of nitrogens with one attached hydrogen (secondary N) is 1. The fourth-order valence-corrected chi connectivity index (χ4v) is 3.45. The molecule has 1 aliphatic rings. The summed E-state index contributed by atoms with van der Waals surface area (Å²) in [5, 5.41) is 19.0. The van der Waals surface area contributed by atoms with Crippen molar-refractivity contribution in [2.45, 2.75) is 18.9 Å². The highest BCUT2D eigenvalue weighted by Crippen LogP contribution is 2.32. The van der Waals surface area contributed by atoms with Gasteiger partial charge in [0.15, 0.2) is 0 Å². The number of aromatic amines is 1. The standard InChI is InChI=1S/C18H19N7O2/c1-24(8-5-19)18(26)27-12-3-2-7-25(11-12)15-10-22-23-14-9-21-17-13(16(14)15)4-6-20-17/h4,6,9-10,12H,2-3,7-8,11H2,1H3,(H,20,21). The maximum Gasteiger partial charge on any atom is 0.410 e. The first-order valence-electron chi connectivity index (χ1n) is 8.78. The summed E-state index contributed by atoms with van der Waals surface area (Å²) in [6.07, 6.45) is 6.29. The fourth-order valence-electron chi connectivity index (χ4n) is 3.45. The number of nitriles is 1. The second-order valence-electron chi connectivity index (χ2n) is 6.60.